The molecule has 20 heavy (non-hydrogen) atoms. The van der Waals surface area contributed by atoms with Gasteiger partial charge in [-0.05, 0) is 34.8 Å². The highest BCUT2D eigenvalue weighted by Gasteiger charge is 2.05. The molecule has 0 fully saturated rings. The minimum Gasteiger partial charge on any atom is -0.367 e. The van der Waals surface area contributed by atoms with E-state index in [1.807, 2.05) is 16.8 Å². The largest absolute Gasteiger partial charge is 0.367 e. The molecule has 0 unspecified atom stereocenters. The third kappa shape index (κ3) is 2.82. The molecule has 0 spiro atoms. The number of nitrogens with zero attached hydrogens (tertiary/aromatic N) is 3. The number of fused-ring (bicyclic) bond motifs is 1. The van der Waals surface area contributed by atoms with Crippen molar-refractivity contribution in [2.24, 2.45) is 0 Å². The second-order valence-electron chi connectivity index (χ2n) is 4.74. The van der Waals surface area contributed by atoms with Gasteiger partial charge in [-0.15, -0.1) is 0 Å². The zero-order valence-electron chi connectivity index (χ0n) is 11.2. The van der Waals surface area contributed by atoms with Crippen molar-refractivity contribution in [3.63, 3.8) is 0 Å². The van der Waals surface area contributed by atoms with Crippen LogP contribution in [0.4, 0.5) is 5.82 Å². The van der Waals surface area contributed by atoms with Crippen molar-refractivity contribution in [2.75, 3.05) is 11.9 Å². The van der Waals surface area contributed by atoms with E-state index in [2.05, 4.69) is 62.4 Å². The molecule has 0 aliphatic rings. The Hall–Kier alpha value is -1.88. The van der Waals surface area contributed by atoms with Gasteiger partial charge in [0.15, 0.2) is 11.5 Å². The smallest absolute Gasteiger partial charge is 0.180 e. The van der Waals surface area contributed by atoms with Gasteiger partial charge in [0.2, 0.25) is 0 Å². The number of aromatic nitrogens is 3. The molecule has 0 radical (unpaired) electrons. The Morgan fingerprint density at radius 1 is 1.35 bits per heavy atom. The molecule has 2 aromatic heterocycles. The Morgan fingerprint density at radius 3 is 3.10 bits per heavy atom. The van der Waals surface area contributed by atoms with Crippen LogP contribution in [0, 0.1) is 6.92 Å². The zero-order valence-corrected chi connectivity index (χ0v) is 12.8. The van der Waals surface area contributed by atoms with E-state index in [9.17, 15) is 0 Å². The summed E-state index contributed by atoms with van der Waals surface area (Å²) in [6.07, 6.45) is 6.54. The van der Waals surface area contributed by atoms with Gasteiger partial charge in [-0.2, -0.15) is 0 Å². The van der Waals surface area contributed by atoms with E-state index >= 15 is 0 Å². The Kier molecular flexibility index (Phi) is 3.69. The molecule has 0 saturated carbocycles. The Bertz CT molecular complexity index is 736. The first-order chi connectivity index (χ1) is 9.72. The lowest BCUT2D eigenvalue weighted by atomic mass is 10.1. The number of anilines is 1. The van der Waals surface area contributed by atoms with Gasteiger partial charge in [-0.3, -0.25) is 0 Å². The van der Waals surface area contributed by atoms with Gasteiger partial charge in [0.05, 0.1) is 0 Å². The van der Waals surface area contributed by atoms with Crippen molar-refractivity contribution in [1.29, 1.82) is 0 Å². The lowest BCUT2D eigenvalue weighted by molar-refractivity contribution is 0.991. The van der Waals surface area contributed by atoms with Crippen LogP contribution in [0.25, 0.3) is 5.65 Å². The number of halogens is 1. The van der Waals surface area contributed by atoms with E-state index in [1.54, 1.807) is 6.20 Å². The zero-order chi connectivity index (χ0) is 13.9. The highest BCUT2D eigenvalue weighted by atomic mass is 79.9. The molecule has 3 rings (SSSR count). The molecule has 102 valence electrons. The number of imidazole rings is 1. The molecule has 1 aromatic carbocycles. The first kappa shape index (κ1) is 13.1. The van der Waals surface area contributed by atoms with Gasteiger partial charge in [0.25, 0.3) is 0 Å². The van der Waals surface area contributed by atoms with Gasteiger partial charge >= 0.3 is 0 Å². The Balaban J connectivity index is 1.72. The predicted octanol–water partition coefficient (Wildman–Crippen LogP) is 3.45. The summed E-state index contributed by atoms with van der Waals surface area (Å²) in [4.78, 5) is 8.76. The van der Waals surface area contributed by atoms with Crippen LogP contribution in [0.3, 0.4) is 0 Å². The first-order valence-corrected chi connectivity index (χ1v) is 7.30. The van der Waals surface area contributed by atoms with Crippen molar-refractivity contribution in [1.82, 2.24) is 14.4 Å². The summed E-state index contributed by atoms with van der Waals surface area (Å²) in [5, 5.41) is 3.36. The summed E-state index contributed by atoms with van der Waals surface area (Å²) >= 11 is 3.41. The van der Waals surface area contributed by atoms with Crippen LogP contribution in [-0.4, -0.2) is 20.9 Å². The lowest BCUT2D eigenvalue weighted by Gasteiger charge is -2.08. The molecule has 0 bridgehead atoms. The number of benzene rings is 1. The number of hydrogen-bond donors (Lipinski definition) is 1. The quantitative estimate of drug-likeness (QED) is 0.796. The highest BCUT2D eigenvalue weighted by molar-refractivity contribution is 9.10. The maximum absolute atomic E-state index is 4.44. The molecule has 0 atom stereocenters. The third-order valence-electron chi connectivity index (χ3n) is 3.13. The van der Waals surface area contributed by atoms with E-state index in [0.29, 0.717) is 0 Å². The van der Waals surface area contributed by atoms with Crippen LogP contribution in [0.2, 0.25) is 0 Å². The second kappa shape index (κ2) is 5.63. The van der Waals surface area contributed by atoms with Crippen molar-refractivity contribution >= 4 is 27.4 Å². The third-order valence-corrected chi connectivity index (χ3v) is 3.52. The number of rotatable bonds is 4. The van der Waals surface area contributed by atoms with Gasteiger partial charge in [0.1, 0.15) is 4.60 Å². The molecule has 0 amide bonds. The molecule has 0 saturated heterocycles. The molecule has 1 N–H and O–H groups in total. The van der Waals surface area contributed by atoms with E-state index < -0.39 is 0 Å². The normalized spacial score (nSPS) is 10.9. The van der Waals surface area contributed by atoms with Gasteiger partial charge in [-0.1, -0.05) is 29.8 Å². The van der Waals surface area contributed by atoms with Crippen LogP contribution < -0.4 is 5.32 Å². The second-order valence-corrected chi connectivity index (χ2v) is 5.55. The Labute approximate surface area is 126 Å². The fourth-order valence-corrected chi connectivity index (χ4v) is 2.61. The molecule has 5 heteroatoms. The number of hydrogen-bond acceptors (Lipinski definition) is 3. The molecular weight excluding hydrogens is 316 g/mol. The molecule has 3 aromatic rings. The monoisotopic (exact) mass is 330 g/mol. The first-order valence-electron chi connectivity index (χ1n) is 6.51. The lowest BCUT2D eigenvalue weighted by Crippen LogP contribution is -2.08. The fourth-order valence-electron chi connectivity index (χ4n) is 2.21. The van der Waals surface area contributed by atoms with Crippen LogP contribution in [0.5, 0.6) is 0 Å². The number of nitrogens with one attached hydrogen (secondary N) is 1. The highest BCUT2D eigenvalue weighted by Crippen LogP contribution is 2.16. The standard InChI is InChI=1S/C15H15BrN4/c1-11-3-2-4-12(9-11)5-6-17-14-15-18-7-8-20(15)10-13(16)19-14/h2-4,7-10H,5-6H2,1H3,(H,17,19). The average Bonchev–Trinajstić information content (AvgIpc) is 2.87. The molecule has 0 aliphatic carbocycles. The van der Waals surface area contributed by atoms with Crippen molar-refractivity contribution in [2.45, 2.75) is 13.3 Å². The summed E-state index contributed by atoms with van der Waals surface area (Å²) in [6, 6.07) is 8.56. The van der Waals surface area contributed by atoms with Gasteiger partial charge in [-0.25, -0.2) is 9.97 Å². The SMILES string of the molecule is Cc1cccc(CCNc2nc(Br)cn3ccnc23)c1. The van der Waals surface area contributed by atoms with Crippen LogP contribution in [-0.2, 0) is 6.42 Å². The summed E-state index contributed by atoms with van der Waals surface area (Å²) < 4.78 is 2.74. The predicted molar refractivity (Wildman–Crippen MR) is 84.1 cm³/mol. The summed E-state index contributed by atoms with van der Waals surface area (Å²) in [5.41, 5.74) is 3.46. The van der Waals surface area contributed by atoms with Crippen molar-refractivity contribution < 1.29 is 0 Å². The maximum atomic E-state index is 4.44. The van der Waals surface area contributed by atoms with Crippen molar-refractivity contribution in [3.8, 4) is 0 Å². The molecule has 2 heterocycles. The van der Waals surface area contributed by atoms with Gasteiger partial charge < -0.3 is 9.72 Å². The number of aryl methyl sites for hydroxylation is 1. The minimum absolute atomic E-state index is 0.793. The van der Waals surface area contributed by atoms with Gasteiger partial charge in [0, 0.05) is 25.1 Å². The van der Waals surface area contributed by atoms with E-state index in [-0.39, 0.29) is 0 Å². The minimum atomic E-state index is 0.793. The molecule has 0 aliphatic heterocycles. The van der Waals surface area contributed by atoms with E-state index in [0.717, 1.165) is 29.0 Å². The average molecular weight is 331 g/mol. The van der Waals surface area contributed by atoms with Crippen LogP contribution >= 0.6 is 15.9 Å². The van der Waals surface area contributed by atoms with E-state index in [4.69, 9.17) is 0 Å². The molecular formula is C15H15BrN4. The summed E-state index contributed by atoms with van der Waals surface area (Å²) in [7, 11) is 0. The Morgan fingerprint density at radius 2 is 2.25 bits per heavy atom. The topological polar surface area (TPSA) is 42.2 Å². The van der Waals surface area contributed by atoms with E-state index in [1.165, 1.54) is 11.1 Å². The van der Waals surface area contributed by atoms with Crippen LogP contribution in [0.15, 0.2) is 47.5 Å². The molecule has 4 nitrogen and oxygen atoms in total. The van der Waals surface area contributed by atoms with Crippen LogP contribution in [0.1, 0.15) is 11.1 Å². The van der Waals surface area contributed by atoms with Crippen molar-refractivity contribution in [3.05, 3.63) is 58.6 Å². The fraction of sp³-hybridized carbons (Fsp3) is 0.200. The maximum Gasteiger partial charge on any atom is 0.180 e. The summed E-state index contributed by atoms with van der Waals surface area (Å²) in [5.74, 6) is 0.803. The summed E-state index contributed by atoms with van der Waals surface area (Å²) in [6.45, 7) is 2.94.